The minimum absolute atomic E-state index is 0.330. The number of hydrogen-bond donors (Lipinski definition) is 2. The quantitative estimate of drug-likeness (QED) is 0.772. The van der Waals surface area contributed by atoms with Crippen molar-refractivity contribution in [3.8, 4) is 5.75 Å². The van der Waals surface area contributed by atoms with Gasteiger partial charge in [-0.15, -0.1) is 0 Å². The van der Waals surface area contributed by atoms with Gasteiger partial charge in [-0.05, 0) is 38.3 Å². The molecule has 0 saturated carbocycles. The van der Waals surface area contributed by atoms with Gasteiger partial charge in [0.15, 0.2) is 0 Å². The van der Waals surface area contributed by atoms with Crippen molar-refractivity contribution < 1.29 is 9.84 Å². The van der Waals surface area contributed by atoms with Crippen molar-refractivity contribution in [3.63, 3.8) is 0 Å². The van der Waals surface area contributed by atoms with Crippen LogP contribution in [0.4, 0.5) is 0 Å². The smallest absolute Gasteiger partial charge is 0.122 e. The van der Waals surface area contributed by atoms with E-state index in [2.05, 4.69) is 30.5 Å². The van der Waals surface area contributed by atoms with Crippen molar-refractivity contribution in [3.05, 3.63) is 41.5 Å². The minimum Gasteiger partial charge on any atom is -0.491 e. The molecule has 1 atom stereocenters. The fourth-order valence-electron chi connectivity index (χ4n) is 2.29. The molecule has 0 heterocycles. The van der Waals surface area contributed by atoms with E-state index in [1.165, 1.54) is 5.56 Å². The minimum atomic E-state index is -0.471. The predicted molar refractivity (Wildman–Crippen MR) is 77.6 cm³/mol. The Bertz CT molecular complexity index is 434. The molecule has 2 N–H and O–H groups in total. The van der Waals surface area contributed by atoms with Crippen LogP contribution in [-0.4, -0.2) is 30.4 Å². The summed E-state index contributed by atoms with van der Waals surface area (Å²) in [6.45, 7) is 5.00. The molecule has 1 unspecified atom stereocenters. The lowest BCUT2D eigenvalue weighted by Crippen LogP contribution is -2.36. The van der Waals surface area contributed by atoms with Crippen LogP contribution in [0.1, 0.15) is 24.0 Å². The molecule has 19 heavy (non-hydrogen) atoms. The number of aliphatic hydroxyl groups is 1. The molecule has 1 aromatic rings. The Morgan fingerprint density at radius 3 is 2.74 bits per heavy atom. The number of rotatable bonds is 6. The molecular formula is C16H23NO2. The summed E-state index contributed by atoms with van der Waals surface area (Å²) in [6, 6.07) is 6.56. The number of nitrogens with one attached hydrogen (secondary N) is 1. The Morgan fingerprint density at radius 1 is 1.32 bits per heavy atom. The zero-order valence-electron chi connectivity index (χ0n) is 11.7. The maximum atomic E-state index is 9.91. The van der Waals surface area contributed by atoms with Gasteiger partial charge in [0, 0.05) is 12.6 Å². The fraction of sp³-hybridized carbons (Fsp3) is 0.500. The van der Waals surface area contributed by atoms with Crippen LogP contribution in [0.25, 0.3) is 0 Å². The zero-order chi connectivity index (χ0) is 13.7. The van der Waals surface area contributed by atoms with Gasteiger partial charge in [-0.2, -0.15) is 0 Å². The van der Waals surface area contributed by atoms with Gasteiger partial charge in [0.1, 0.15) is 18.5 Å². The first-order valence-electron chi connectivity index (χ1n) is 6.91. The highest BCUT2D eigenvalue weighted by molar-refractivity contribution is 5.35. The molecule has 0 spiro atoms. The fourth-order valence-corrected chi connectivity index (χ4v) is 2.29. The van der Waals surface area contributed by atoms with Crippen LogP contribution in [0, 0.1) is 13.8 Å². The number of aryl methyl sites for hydroxylation is 2. The molecule has 1 aromatic carbocycles. The van der Waals surface area contributed by atoms with Crippen LogP contribution in [-0.2, 0) is 0 Å². The van der Waals surface area contributed by atoms with Gasteiger partial charge in [-0.1, -0.05) is 29.8 Å². The Labute approximate surface area is 115 Å². The maximum absolute atomic E-state index is 9.91. The summed E-state index contributed by atoms with van der Waals surface area (Å²) in [6.07, 6.45) is 6.00. The van der Waals surface area contributed by atoms with Gasteiger partial charge < -0.3 is 15.2 Å². The van der Waals surface area contributed by atoms with Gasteiger partial charge >= 0.3 is 0 Å². The molecule has 0 radical (unpaired) electrons. The normalized spacial score (nSPS) is 16.8. The third kappa shape index (κ3) is 4.37. The summed E-state index contributed by atoms with van der Waals surface area (Å²) in [5.41, 5.74) is 2.33. The summed E-state index contributed by atoms with van der Waals surface area (Å²) in [5, 5.41) is 13.3. The van der Waals surface area contributed by atoms with Crippen LogP contribution in [0.3, 0.4) is 0 Å². The largest absolute Gasteiger partial charge is 0.491 e. The van der Waals surface area contributed by atoms with Crippen molar-refractivity contribution in [2.45, 2.75) is 38.8 Å². The highest BCUT2D eigenvalue weighted by Gasteiger charge is 2.12. The van der Waals surface area contributed by atoms with Crippen molar-refractivity contribution in [2.75, 3.05) is 13.2 Å². The molecule has 0 aromatic heterocycles. The molecule has 1 aliphatic rings. The maximum Gasteiger partial charge on any atom is 0.122 e. The van der Waals surface area contributed by atoms with Crippen LogP contribution < -0.4 is 10.1 Å². The summed E-state index contributed by atoms with van der Waals surface area (Å²) in [4.78, 5) is 0. The molecule has 0 bridgehead atoms. The molecule has 2 rings (SSSR count). The third-order valence-electron chi connectivity index (χ3n) is 3.41. The van der Waals surface area contributed by atoms with E-state index in [4.69, 9.17) is 4.74 Å². The van der Waals surface area contributed by atoms with E-state index < -0.39 is 6.10 Å². The third-order valence-corrected chi connectivity index (χ3v) is 3.41. The van der Waals surface area contributed by atoms with Gasteiger partial charge in [0.2, 0.25) is 0 Å². The van der Waals surface area contributed by atoms with E-state index in [9.17, 15) is 5.11 Å². The average molecular weight is 261 g/mol. The van der Waals surface area contributed by atoms with Gasteiger partial charge in [-0.3, -0.25) is 0 Å². The summed E-state index contributed by atoms with van der Waals surface area (Å²) < 4.78 is 5.66. The number of ether oxygens (including phenoxy) is 1. The molecule has 3 heteroatoms. The second-order valence-electron chi connectivity index (χ2n) is 5.28. The summed E-state index contributed by atoms with van der Waals surface area (Å²) in [7, 11) is 0. The first kappa shape index (κ1) is 14.1. The molecule has 1 aliphatic carbocycles. The van der Waals surface area contributed by atoms with Crippen LogP contribution >= 0.6 is 0 Å². The summed E-state index contributed by atoms with van der Waals surface area (Å²) in [5.74, 6) is 0.854. The van der Waals surface area contributed by atoms with E-state index in [0.29, 0.717) is 19.2 Å². The Morgan fingerprint density at radius 2 is 2.05 bits per heavy atom. The molecule has 0 aliphatic heterocycles. The lowest BCUT2D eigenvalue weighted by atomic mass is 10.1. The van der Waals surface area contributed by atoms with Gasteiger partial charge in [0.05, 0.1) is 0 Å². The van der Waals surface area contributed by atoms with Crippen molar-refractivity contribution in [1.29, 1.82) is 0 Å². The standard InChI is InChI=1S/C16H23NO2/c1-12-7-8-16(13(2)9-12)19-11-15(18)10-17-14-5-3-4-6-14/h3-4,7-9,14-15,17-18H,5-6,10-11H2,1-2H3. The number of hydrogen-bond acceptors (Lipinski definition) is 3. The first-order valence-corrected chi connectivity index (χ1v) is 6.91. The van der Waals surface area contributed by atoms with Crippen LogP contribution in [0.15, 0.2) is 30.4 Å². The lowest BCUT2D eigenvalue weighted by molar-refractivity contribution is 0.103. The average Bonchev–Trinajstić information content (AvgIpc) is 2.88. The van der Waals surface area contributed by atoms with E-state index in [0.717, 1.165) is 24.2 Å². The SMILES string of the molecule is Cc1ccc(OCC(O)CNC2CC=CC2)c(C)c1. The molecule has 0 saturated heterocycles. The first-order chi connectivity index (χ1) is 9.15. The van der Waals surface area contributed by atoms with E-state index in [1.54, 1.807) is 0 Å². The summed E-state index contributed by atoms with van der Waals surface area (Å²) >= 11 is 0. The van der Waals surface area contributed by atoms with Crippen molar-refractivity contribution in [1.82, 2.24) is 5.32 Å². The predicted octanol–water partition coefficient (Wildman–Crippen LogP) is 2.35. The van der Waals surface area contributed by atoms with Crippen molar-refractivity contribution >= 4 is 0 Å². The van der Waals surface area contributed by atoms with E-state index in [-0.39, 0.29) is 0 Å². The molecule has 0 amide bonds. The van der Waals surface area contributed by atoms with Crippen LogP contribution in [0.2, 0.25) is 0 Å². The molecule has 0 fully saturated rings. The Hall–Kier alpha value is -1.32. The highest BCUT2D eigenvalue weighted by Crippen LogP contribution is 2.18. The Balaban J connectivity index is 1.71. The zero-order valence-corrected chi connectivity index (χ0v) is 11.7. The highest BCUT2D eigenvalue weighted by atomic mass is 16.5. The van der Waals surface area contributed by atoms with Crippen molar-refractivity contribution in [2.24, 2.45) is 0 Å². The van der Waals surface area contributed by atoms with Crippen LogP contribution in [0.5, 0.6) is 5.75 Å². The van der Waals surface area contributed by atoms with E-state index >= 15 is 0 Å². The topological polar surface area (TPSA) is 41.5 Å². The monoisotopic (exact) mass is 261 g/mol. The number of benzene rings is 1. The van der Waals surface area contributed by atoms with E-state index in [1.807, 2.05) is 19.1 Å². The van der Waals surface area contributed by atoms with Gasteiger partial charge in [0.25, 0.3) is 0 Å². The molecule has 104 valence electrons. The second-order valence-corrected chi connectivity index (χ2v) is 5.28. The van der Waals surface area contributed by atoms with Gasteiger partial charge in [-0.25, -0.2) is 0 Å². The lowest BCUT2D eigenvalue weighted by Gasteiger charge is -2.17. The molecular weight excluding hydrogens is 238 g/mol. The Kier molecular flexibility index (Phi) is 5.00. The number of aliphatic hydroxyl groups excluding tert-OH is 1. The second kappa shape index (κ2) is 6.73. The molecule has 3 nitrogen and oxygen atoms in total.